The Morgan fingerprint density at radius 3 is 2.00 bits per heavy atom. The van der Waals surface area contributed by atoms with E-state index < -0.39 is 0 Å². The minimum atomic E-state index is -0.208. The summed E-state index contributed by atoms with van der Waals surface area (Å²) in [6.07, 6.45) is 3.46. The number of aliphatic hydroxyl groups excluding tert-OH is 1. The van der Waals surface area contributed by atoms with Crippen molar-refractivity contribution in [3.8, 4) is 0 Å². The molecule has 0 aromatic rings. The van der Waals surface area contributed by atoms with E-state index in [1.165, 1.54) is 0 Å². The van der Waals surface area contributed by atoms with Gasteiger partial charge in [0.05, 0.1) is 12.8 Å². The fourth-order valence-electron chi connectivity index (χ4n) is 0.878. The van der Waals surface area contributed by atoms with Crippen LogP contribution in [0.25, 0.3) is 0 Å². The quantitative estimate of drug-likeness (QED) is 0.300. The van der Waals surface area contributed by atoms with E-state index >= 15 is 0 Å². The Morgan fingerprint density at radius 2 is 1.55 bits per heavy atom. The van der Waals surface area contributed by atoms with Crippen molar-refractivity contribution in [1.29, 1.82) is 0 Å². The highest BCUT2D eigenvalue weighted by Gasteiger charge is 2.00. The molecule has 1 unspecified atom stereocenters. The van der Waals surface area contributed by atoms with Gasteiger partial charge in [0.2, 0.25) is 0 Å². The zero-order chi connectivity index (χ0) is 8.69. The molecule has 4 nitrogen and oxygen atoms in total. The van der Waals surface area contributed by atoms with E-state index in [4.69, 9.17) is 22.3 Å². The minimum absolute atomic E-state index is 0.0642. The molecule has 68 valence electrons. The van der Waals surface area contributed by atoms with Gasteiger partial charge in [-0.15, -0.1) is 0 Å². The molecule has 11 heavy (non-hydrogen) atoms. The maximum atomic E-state index is 8.57. The third-order valence-corrected chi connectivity index (χ3v) is 1.60. The summed E-state index contributed by atoms with van der Waals surface area (Å²) >= 11 is 0. The van der Waals surface area contributed by atoms with E-state index in [-0.39, 0.29) is 18.8 Å². The molecule has 4 heteroatoms. The average Bonchev–Trinajstić information content (AvgIpc) is 1.97. The standard InChI is InChI=1S/C7H19N3O/c8-6(5-11)3-1-2-4-7(9)10/h6-7,11H,1-5,8-10H2. The fraction of sp³-hybridized carbons (Fsp3) is 1.00. The first-order valence-corrected chi connectivity index (χ1v) is 4.04. The van der Waals surface area contributed by atoms with Crippen LogP contribution in [0, 0.1) is 0 Å². The number of hydrogen-bond donors (Lipinski definition) is 4. The summed E-state index contributed by atoms with van der Waals surface area (Å²) < 4.78 is 0. The molecule has 0 aliphatic rings. The molecule has 0 spiro atoms. The van der Waals surface area contributed by atoms with Crippen molar-refractivity contribution in [3.05, 3.63) is 0 Å². The first kappa shape index (κ1) is 10.8. The molecule has 0 aromatic carbocycles. The summed E-state index contributed by atoms with van der Waals surface area (Å²) in [5.74, 6) is 0. The van der Waals surface area contributed by atoms with Crippen LogP contribution in [0.2, 0.25) is 0 Å². The van der Waals surface area contributed by atoms with Crippen LogP contribution in [0.4, 0.5) is 0 Å². The van der Waals surface area contributed by atoms with Gasteiger partial charge in [-0.3, -0.25) is 0 Å². The zero-order valence-electron chi connectivity index (χ0n) is 6.87. The Labute approximate surface area is 67.7 Å². The third kappa shape index (κ3) is 7.74. The second-order valence-corrected chi connectivity index (χ2v) is 2.89. The van der Waals surface area contributed by atoms with Crippen LogP contribution in [0.1, 0.15) is 25.7 Å². The largest absolute Gasteiger partial charge is 0.395 e. The molecule has 1 atom stereocenters. The van der Waals surface area contributed by atoms with Gasteiger partial charge in [0.15, 0.2) is 0 Å². The molecule has 0 aliphatic carbocycles. The maximum Gasteiger partial charge on any atom is 0.0582 e. The molecule has 0 radical (unpaired) electrons. The molecular weight excluding hydrogens is 142 g/mol. The molecule has 0 rings (SSSR count). The van der Waals surface area contributed by atoms with Crippen LogP contribution in [0.15, 0.2) is 0 Å². The lowest BCUT2D eigenvalue weighted by molar-refractivity contribution is 0.257. The van der Waals surface area contributed by atoms with Crippen LogP contribution in [0.5, 0.6) is 0 Å². The van der Waals surface area contributed by atoms with Crippen molar-refractivity contribution in [2.75, 3.05) is 6.61 Å². The molecule has 0 saturated heterocycles. The van der Waals surface area contributed by atoms with E-state index in [1.807, 2.05) is 0 Å². The van der Waals surface area contributed by atoms with Gasteiger partial charge in [0.25, 0.3) is 0 Å². The summed E-state index contributed by atoms with van der Waals surface area (Å²) in [7, 11) is 0. The topological polar surface area (TPSA) is 98.3 Å². The molecule has 0 aromatic heterocycles. The van der Waals surface area contributed by atoms with Crippen molar-refractivity contribution >= 4 is 0 Å². The smallest absolute Gasteiger partial charge is 0.0582 e. The molecule has 0 bridgehead atoms. The SMILES string of the molecule is NC(N)CCCCC(N)CO. The highest BCUT2D eigenvalue weighted by molar-refractivity contribution is 4.59. The van der Waals surface area contributed by atoms with E-state index in [2.05, 4.69) is 0 Å². The second kappa shape index (κ2) is 6.54. The summed E-state index contributed by atoms with van der Waals surface area (Å²) in [4.78, 5) is 0. The summed E-state index contributed by atoms with van der Waals surface area (Å²) in [5, 5.41) is 8.57. The van der Waals surface area contributed by atoms with Crippen LogP contribution in [-0.2, 0) is 0 Å². The second-order valence-electron chi connectivity index (χ2n) is 2.89. The van der Waals surface area contributed by atoms with Gasteiger partial charge in [0.1, 0.15) is 0 Å². The first-order chi connectivity index (χ1) is 5.16. The van der Waals surface area contributed by atoms with Crippen LogP contribution < -0.4 is 17.2 Å². The average molecular weight is 161 g/mol. The Bertz CT molecular complexity index is 87.8. The highest BCUT2D eigenvalue weighted by Crippen LogP contribution is 2.01. The van der Waals surface area contributed by atoms with Crippen LogP contribution in [0.3, 0.4) is 0 Å². The monoisotopic (exact) mass is 161 g/mol. The normalized spacial score (nSPS) is 13.9. The molecular formula is C7H19N3O. The van der Waals surface area contributed by atoms with E-state index in [9.17, 15) is 0 Å². The lowest BCUT2D eigenvalue weighted by Crippen LogP contribution is -2.30. The summed E-state index contributed by atoms with van der Waals surface area (Å²) in [6.45, 7) is 0.0642. The van der Waals surface area contributed by atoms with Crippen molar-refractivity contribution in [3.63, 3.8) is 0 Å². The highest BCUT2D eigenvalue weighted by atomic mass is 16.3. The van der Waals surface area contributed by atoms with Crippen molar-refractivity contribution in [2.45, 2.75) is 37.9 Å². The van der Waals surface area contributed by atoms with Gasteiger partial charge in [-0.1, -0.05) is 12.8 Å². The van der Waals surface area contributed by atoms with Gasteiger partial charge in [-0.05, 0) is 12.8 Å². The van der Waals surface area contributed by atoms with Crippen molar-refractivity contribution in [2.24, 2.45) is 17.2 Å². The van der Waals surface area contributed by atoms with Gasteiger partial charge >= 0.3 is 0 Å². The van der Waals surface area contributed by atoms with E-state index in [0.717, 1.165) is 25.7 Å². The van der Waals surface area contributed by atoms with Gasteiger partial charge in [0, 0.05) is 6.04 Å². The lowest BCUT2D eigenvalue weighted by atomic mass is 10.1. The summed E-state index contributed by atoms with van der Waals surface area (Å²) in [5.41, 5.74) is 16.2. The third-order valence-electron chi connectivity index (χ3n) is 1.60. The number of nitrogens with two attached hydrogens (primary N) is 3. The Morgan fingerprint density at radius 1 is 1.00 bits per heavy atom. The van der Waals surface area contributed by atoms with Crippen molar-refractivity contribution in [1.82, 2.24) is 0 Å². The Balaban J connectivity index is 3.01. The predicted octanol–water partition coefficient (Wildman–Crippen LogP) is -0.890. The predicted molar refractivity (Wildman–Crippen MR) is 45.7 cm³/mol. The molecule has 0 amide bonds. The van der Waals surface area contributed by atoms with Gasteiger partial charge in [-0.2, -0.15) is 0 Å². The van der Waals surface area contributed by atoms with Gasteiger partial charge in [-0.25, -0.2) is 0 Å². The number of unbranched alkanes of at least 4 members (excludes halogenated alkanes) is 1. The molecule has 0 aliphatic heterocycles. The maximum absolute atomic E-state index is 8.57. The molecule has 7 N–H and O–H groups in total. The molecule has 0 saturated carbocycles. The minimum Gasteiger partial charge on any atom is -0.395 e. The fourth-order valence-corrected chi connectivity index (χ4v) is 0.878. The number of rotatable bonds is 6. The van der Waals surface area contributed by atoms with Gasteiger partial charge < -0.3 is 22.3 Å². The Hall–Kier alpha value is -0.160. The lowest BCUT2D eigenvalue weighted by Gasteiger charge is -2.08. The van der Waals surface area contributed by atoms with Crippen molar-refractivity contribution < 1.29 is 5.11 Å². The Kier molecular flexibility index (Phi) is 6.45. The molecule has 0 fully saturated rings. The number of aliphatic hydroxyl groups is 1. The van der Waals surface area contributed by atoms with Crippen LogP contribution in [-0.4, -0.2) is 23.9 Å². The van der Waals surface area contributed by atoms with Crippen LogP contribution >= 0.6 is 0 Å². The number of hydrogen-bond acceptors (Lipinski definition) is 4. The first-order valence-electron chi connectivity index (χ1n) is 4.04. The molecule has 0 heterocycles. The zero-order valence-corrected chi connectivity index (χ0v) is 6.87. The van der Waals surface area contributed by atoms with E-state index in [1.54, 1.807) is 0 Å². The summed E-state index contributed by atoms with van der Waals surface area (Å²) in [6, 6.07) is -0.0796. The van der Waals surface area contributed by atoms with E-state index in [0.29, 0.717) is 0 Å².